The highest BCUT2D eigenvalue weighted by molar-refractivity contribution is 5.76. The molecule has 102 valence electrons. The van der Waals surface area contributed by atoms with E-state index in [0.717, 1.165) is 38.6 Å². The van der Waals surface area contributed by atoms with Gasteiger partial charge in [0.05, 0.1) is 0 Å². The van der Waals surface area contributed by atoms with Gasteiger partial charge in [0.1, 0.15) is 0 Å². The molecular formula is C14H30N2O. The molecule has 0 radical (unpaired) electrons. The average molecular weight is 242 g/mol. The van der Waals surface area contributed by atoms with Gasteiger partial charge in [-0.15, -0.1) is 0 Å². The molecule has 0 rings (SSSR count). The molecule has 2 atom stereocenters. The largest absolute Gasteiger partial charge is 0.343 e. The number of hydrogen-bond donors (Lipinski definition) is 1. The number of carbonyl (C=O) groups excluding carboxylic acids is 1. The highest BCUT2D eigenvalue weighted by atomic mass is 16.2. The van der Waals surface area contributed by atoms with E-state index in [2.05, 4.69) is 20.8 Å². The van der Waals surface area contributed by atoms with Gasteiger partial charge in [-0.3, -0.25) is 4.79 Å². The summed E-state index contributed by atoms with van der Waals surface area (Å²) in [6.45, 7) is 7.19. The van der Waals surface area contributed by atoms with E-state index in [1.165, 1.54) is 0 Å². The second-order valence-corrected chi connectivity index (χ2v) is 5.03. The van der Waals surface area contributed by atoms with E-state index in [1.54, 1.807) is 0 Å². The van der Waals surface area contributed by atoms with Crippen LogP contribution in [0.25, 0.3) is 0 Å². The fourth-order valence-corrected chi connectivity index (χ4v) is 2.15. The Morgan fingerprint density at radius 1 is 1.24 bits per heavy atom. The zero-order valence-corrected chi connectivity index (χ0v) is 12.0. The lowest BCUT2D eigenvalue weighted by Crippen LogP contribution is -2.35. The van der Waals surface area contributed by atoms with Crippen LogP contribution < -0.4 is 5.73 Å². The van der Waals surface area contributed by atoms with Crippen molar-refractivity contribution in [1.29, 1.82) is 0 Å². The topological polar surface area (TPSA) is 46.3 Å². The molecule has 0 spiro atoms. The third-order valence-electron chi connectivity index (χ3n) is 3.68. The van der Waals surface area contributed by atoms with Gasteiger partial charge in [0, 0.05) is 19.5 Å². The van der Waals surface area contributed by atoms with Gasteiger partial charge in [0.25, 0.3) is 0 Å². The standard InChI is InChI=1S/C14H30N2O/c1-5-7-12(3)16(4)14(17)9-8-13(6-2)10-11-15/h12-13H,5-11,15H2,1-4H3. The van der Waals surface area contributed by atoms with Crippen LogP contribution in [0.4, 0.5) is 0 Å². The van der Waals surface area contributed by atoms with Crippen molar-refractivity contribution in [3.8, 4) is 0 Å². The molecule has 0 aromatic rings. The lowest BCUT2D eigenvalue weighted by molar-refractivity contribution is -0.132. The summed E-state index contributed by atoms with van der Waals surface area (Å²) in [6.07, 6.45) is 6.03. The first kappa shape index (κ1) is 16.4. The third kappa shape index (κ3) is 6.67. The summed E-state index contributed by atoms with van der Waals surface area (Å²) in [5, 5.41) is 0. The monoisotopic (exact) mass is 242 g/mol. The van der Waals surface area contributed by atoms with Crippen molar-refractivity contribution in [2.75, 3.05) is 13.6 Å². The summed E-state index contributed by atoms with van der Waals surface area (Å²) in [5.74, 6) is 0.889. The second kappa shape index (κ2) is 9.46. The van der Waals surface area contributed by atoms with Gasteiger partial charge < -0.3 is 10.6 Å². The molecule has 0 fully saturated rings. The van der Waals surface area contributed by atoms with E-state index in [-0.39, 0.29) is 5.91 Å². The van der Waals surface area contributed by atoms with Crippen molar-refractivity contribution in [3.63, 3.8) is 0 Å². The highest BCUT2D eigenvalue weighted by Crippen LogP contribution is 2.16. The first-order valence-electron chi connectivity index (χ1n) is 7.02. The van der Waals surface area contributed by atoms with Gasteiger partial charge in [0.2, 0.25) is 5.91 Å². The van der Waals surface area contributed by atoms with E-state index in [0.29, 0.717) is 18.4 Å². The van der Waals surface area contributed by atoms with Crippen LogP contribution in [0.15, 0.2) is 0 Å². The summed E-state index contributed by atoms with van der Waals surface area (Å²) in [6, 6.07) is 0.363. The molecule has 1 amide bonds. The second-order valence-electron chi connectivity index (χ2n) is 5.03. The average Bonchev–Trinajstić information content (AvgIpc) is 2.33. The Morgan fingerprint density at radius 2 is 1.88 bits per heavy atom. The number of carbonyl (C=O) groups is 1. The lowest BCUT2D eigenvalue weighted by Gasteiger charge is -2.25. The Hall–Kier alpha value is -0.570. The fraction of sp³-hybridized carbons (Fsp3) is 0.929. The van der Waals surface area contributed by atoms with Crippen LogP contribution in [0.1, 0.15) is 59.3 Å². The Balaban J connectivity index is 3.98. The molecule has 0 aliphatic rings. The third-order valence-corrected chi connectivity index (χ3v) is 3.68. The van der Waals surface area contributed by atoms with E-state index in [1.807, 2.05) is 11.9 Å². The maximum atomic E-state index is 12.0. The van der Waals surface area contributed by atoms with Crippen LogP contribution in [0.5, 0.6) is 0 Å². The Morgan fingerprint density at radius 3 is 2.35 bits per heavy atom. The van der Waals surface area contributed by atoms with Gasteiger partial charge in [-0.1, -0.05) is 26.7 Å². The molecule has 0 heterocycles. The van der Waals surface area contributed by atoms with Crippen LogP contribution >= 0.6 is 0 Å². The summed E-state index contributed by atoms with van der Waals surface area (Å²) < 4.78 is 0. The molecule has 3 heteroatoms. The van der Waals surface area contributed by atoms with Crippen LogP contribution in [-0.4, -0.2) is 30.4 Å². The van der Waals surface area contributed by atoms with Crippen molar-refractivity contribution >= 4 is 5.91 Å². The molecular weight excluding hydrogens is 212 g/mol. The van der Waals surface area contributed by atoms with Crippen LogP contribution in [0.2, 0.25) is 0 Å². The number of hydrogen-bond acceptors (Lipinski definition) is 2. The zero-order valence-electron chi connectivity index (χ0n) is 12.0. The summed E-state index contributed by atoms with van der Waals surface area (Å²) in [5.41, 5.74) is 5.56. The van der Waals surface area contributed by atoms with E-state index < -0.39 is 0 Å². The number of rotatable bonds is 9. The molecule has 2 unspecified atom stereocenters. The Labute approximate surface area is 107 Å². The van der Waals surface area contributed by atoms with Gasteiger partial charge >= 0.3 is 0 Å². The molecule has 17 heavy (non-hydrogen) atoms. The molecule has 0 aromatic heterocycles. The van der Waals surface area contributed by atoms with E-state index in [9.17, 15) is 4.79 Å². The van der Waals surface area contributed by atoms with Crippen molar-refractivity contribution in [3.05, 3.63) is 0 Å². The van der Waals surface area contributed by atoms with Crippen molar-refractivity contribution in [2.45, 2.75) is 65.3 Å². The quantitative estimate of drug-likeness (QED) is 0.676. The maximum Gasteiger partial charge on any atom is 0.222 e. The van der Waals surface area contributed by atoms with Crippen LogP contribution in [0, 0.1) is 5.92 Å². The molecule has 0 aliphatic carbocycles. The van der Waals surface area contributed by atoms with Crippen molar-refractivity contribution in [1.82, 2.24) is 4.90 Å². The predicted molar refractivity (Wildman–Crippen MR) is 73.8 cm³/mol. The van der Waals surface area contributed by atoms with Gasteiger partial charge in [-0.05, 0) is 38.6 Å². The highest BCUT2D eigenvalue weighted by Gasteiger charge is 2.16. The number of amides is 1. The van der Waals surface area contributed by atoms with Gasteiger partial charge in [-0.2, -0.15) is 0 Å². The minimum atomic E-state index is 0.279. The van der Waals surface area contributed by atoms with E-state index in [4.69, 9.17) is 5.73 Å². The SMILES string of the molecule is CCCC(C)N(C)C(=O)CCC(CC)CCN. The summed E-state index contributed by atoms with van der Waals surface area (Å²) in [4.78, 5) is 13.9. The minimum absolute atomic E-state index is 0.279. The molecule has 0 aliphatic heterocycles. The van der Waals surface area contributed by atoms with Crippen LogP contribution in [0.3, 0.4) is 0 Å². The van der Waals surface area contributed by atoms with Crippen molar-refractivity contribution < 1.29 is 4.79 Å². The predicted octanol–water partition coefficient (Wildman–Crippen LogP) is 2.79. The molecule has 3 nitrogen and oxygen atoms in total. The fourth-order valence-electron chi connectivity index (χ4n) is 2.15. The normalized spacial score (nSPS) is 14.4. The zero-order chi connectivity index (χ0) is 13.3. The number of nitrogens with zero attached hydrogens (tertiary/aromatic N) is 1. The maximum absolute atomic E-state index is 12.0. The Kier molecular flexibility index (Phi) is 9.14. The van der Waals surface area contributed by atoms with Gasteiger partial charge in [0.15, 0.2) is 0 Å². The number of nitrogens with two attached hydrogens (primary N) is 1. The minimum Gasteiger partial charge on any atom is -0.343 e. The lowest BCUT2D eigenvalue weighted by atomic mass is 9.96. The summed E-state index contributed by atoms with van der Waals surface area (Å²) in [7, 11) is 1.92. The molecule has 2 N–H and O–H groups in total. The van der Waals surface area contributed by atoms with E-state index >= 15 is 0 Å². The molecule has 0 saturated carbocycles. The first-order chi connectivity index (χ1) is 8.06. The smallest absolute Gasteiger partial charge is 0.222 e. The summed E-state index contributed by atoms with van der Waals surface area (Å²) >= 11 is 0. The Bertz CT molecular complexity index is 206. The first-order valence-corrected chi connectivity index (χ1v) is 7.02. The van der Waals surface area contributed by atoms with Gasteiger partial charge in [-0.25, -0.2) is 0 Å². The van der Waals surface area contributed by atoms with Crippen LogP contribution in [-0.2, 0) is 4.79 Å². The molecule has 0 saturated heterocycles. The van der Waals surface area contributed by atoms with Crippen molar-refractivity contribution in [2.24, 2.45) is 11.7 Å². The molecule has 0 bridgehead atoms. The molecule has 0 aromatic carbocycles.